The number of carbonyl (C=O) groups excluding carboxylic acids is 2. The van der Waals surface area contributed by atoms with Gasteiger partial charge in [0.05, 0.1) is 28.6 Å². The molecule has 3 aromatic carbocycles. The number of halogens is 1. The Bertz CT molecular complexity index is 1210. The van der Waals surface area contributed by atoms with Gasteiger partial charge in [0.15, 0.2) is 0 Å². The van der Waals surface area contributed by atoms with Gasteiger partial charge in [0.1, 0.15) is 5.69 Å². The molecule has 0 atom stereocenters. The zero-order chi connectivity index (χ0) is 20.2. The molecule has 0 aliphatic heterocycles. The Morgan fingerprint density at radius 3 is 2.00 bits per heavy atom. The van der Waals surface area contributed by atoms with Crippen LogP contribution >= 0.6 is 11.6 Å². The number of para-hydroxylation sites is 4. The van der Waals surface area contributed by atoms with Crippen molar-refractivity contribution in [1.29, 1.82) is 0 Å². The molecular weight excluding hydrogens is 388 g/mol. The lowest BCUT2D eigenvalue weighted by atomic mass is 10.2. The predicted octanol–water partition coefficient (Wildman–Crippen LogP) is 4.79. The van der Waals surface area contributed by atoms with Gasteiger partial charge in [0.2, 0.25) is 0 Å². The van der Waals surface area contributed by atoms with Gasteiger partial charge in [-0.1, -0.05) is 35.9 Å². The number of hydrogen-bond acceptors (Lipinski definition) is 4. The number of aromatic nitrogens is 2. The molecule has 0 aliphatic rings. The SMILES string of the molecule is O=C(Nc1ccccc1NC(=O)c1cnc2ccccc2n1)c1ccc(Cl)cc1. The van der Waals surface area contributed by atoms with E-state index in [1.165, 1.54) is 6.20 Å². The molecule has 1 heterocycles. The van der Waals surface area contributed by atoms with Crippen molar-refractivity contribution in [2.45, 2.75) is 0 Å². The highest BCUT2D eigenvalue weighted by molar-refractivity contribution is 6.30. The highest BCUT2D eigenvalue weighted by atomic mass is 35.5. The zero-order valence-corrected chi connectivity index (χ0v) is 15.9. The van der Waals surface area contributed by atoms with Gasteiger partial charge in [-0.15, -0.1) is 0 Å². The van der Waals surface area contributed by atoms with Gasteiger partial charge in [0.25, 0.3) is 11.8 Å². The minimum atomic E-state index is -0.420. The zero-order valence-electron chi connectivity index (χ0n) is 15.1. The molecule has 0 unspecified atom stereocenters. The number of nitrogens with zero attached hydrogens (tertiary/aromatic N) is 2. The van der Waals surface area contributed by atoms with E-state index in [1.807, 2.05) is 18.2 Å². The lowest BCUT2D eigenvalue weighted by Gasteiger charge is -2.12. The number of benzene rings is 3. The van der Waals surface area contributed by atoms with Gasteiger partial charge in [0, 0.05) is 10.6 Å². The second-order valence-corrected chi connectivity index (χ2v) is 6.64. The van der Waals surface area contributed by atoms with Crippen molar-refractivity contribution < 1.29 is 9.59 Å². The molecular formula is C22H15ClN4O2. The summed E-state index contributed by atoms with van der Waals surface area (Å²) in [5.41, 5.74) is 2.90. The molecule has 142 valence electrons. The maximum atomic E-state index is 12.7. The van der Waals surface area contributed by atoms with Gasteiger partial charge in [-0.05, 0) is 48.5 Å². The molecule has 0 fully saturated rings. The van der Waals surface area contributed by atoms with Crippen molar-refractivity contribution in [3.8, 4) is 0 Å². The standard InChI is InChI=1S/C22H15ClN4O2/c23-15-11-9-14(10-12-15)21(28)26-18-7-3-4-8-19(18)27-22(29)20-13-24-16-5-1-2-6-17(16)25-20/h1-13H,(H,26,28)(H,27,29). The molecule has 0 radical (unpaired) electrons. The lowest BCUT2D eigenvalue weighted by Crippen LogP contribution is -2.17. The lowest BCUT2D eigenvalue weighted by molar-refractivity contribution is 0.101. The molecule has 6 nitrogen and oxygen atoms in total. The molecule has 0 saturated heterocycles. The van der Waals surface area contributed by atoms with Gasteiger partial charge < -0.3 is 10.6 Å². The Morgan fingerprint density at radius 1 is 0.724 bits per heavy atom. The number of hydrogen-bond donors (Lipinski definition) is 2. The smallest absolute Gasteiger partial charge is 0.275 e. The van der Waals surface area contributed by atoms with E-state index in [0.29, 0.717) is 33.0 Å². The van der Waals surface area contributed by atoms with Crippen LogP contribution in [-0.4, -0.2) is 21.8 Å². The van der Waals surface area contributed by atoms with E-state index in [4.69, 9.17) is 11.6 Å². The van der Waals surface area contributed by atoms with Crippen molar-refractivity contribution in [3.05, 3.63) is 95.3 Å². The second-order valence-electron chi connectivity index (χ2n) is 6.20. The molecule has 0 saturated carbocycles. The molecule has 2 N–H and O–H groups in total. The highest BCUT2D eigenvalue weighted by Gasteiger charge is 2.14. The summed E-state index contributed by atoms with van der Waals surface area (Å²) in [5.74, 6) is -0.731. The molecule has 1 aromatic heterocycles. The van der Waals surface area contributed by atoms with Gasteiger partial charge >= 0.3 is 0 Å². The average molecular weight is 403 g/mol. The van der Waals surface area contributed by atoms with Crippen LogP contribution < -0.4 is 10.6 Å². The third kappa shape index (κ3) is 4.23. The van der Waals surface area contributed by atoms with Crippen LogP contribution in [0, 0.1) is 0 Å². The van der Waals surface area contributed by atoms with E-state index in [1.54, 1.807) is 54.6 Å². The predicted molar refractivity (Wildman–Crippen MR) is 113 cm³/mol. The van der Waals surface area contributed by atoms with Crippen LogP contribution in [0.25, 0.3) is 11.0 Å². The summed E-state index contributed by atoms with van der Waals surface area (Å²) in [6, 6.07) is 20.8. The molecule has 0 spiro atoms. The molecule has 0 bridgehead atoms. The Kier molecular flexibility index (Phi) is 5.18. The monoisotopic (exact) mass is 402 g/mol. The van der Waals surface area contributed by atoms with Crippen LogP contribution in [0.3, 0.4) is 0 Å². The number of anilines is 2. The number of carbonyl (C=O) groups is 2. The van der Waals surface area contributed by atoms with E-state index in [2.05, 4.69) is 20.6 Å². The summed E-state index contributed by atoms with van der Waals surface area (Å²) >= 11 is 5.86. The third-order valence-electron chi connectivity index (χ3n) is 4.21. The van der Waals surface area contributed by atoms with Crippen molar-refractivity contribution in [1.82, 2.24) is 9.97 Å². The van der Waals surface area contributed by atoms with Crippen LogP contribution in [0.15, 0.2) is 79.0 Å². The summed E-state index contributed by atoms with van der Waals surface area (Å²) in [6.07, 6.45) is 1.42. The Labute approximate surface area is 171 Å². The first-order chi connectivity index (χ1) is 14.1. The van der Waals surface area contributed by atoms with E-state index in [-0.39, 0.29) is 11.6 Å². The fraction of sp³-hybridized carbons (Fsp3) is 0. The fourth-order valence-electron chi connectivity index (χ4n) is 2.75. The Balaban J connectivity index is 1.55. The number of rotatable bonds is 4. The molecule has 29 heavy (non-hydrogen) atoms. The third-order valence-corrected chi connectivity index (χ3v) is 4.46. The maximum Gasteiger partial charge on any atom is 0.275 e. The summed E-state index contributed by atoms with van der Waals surface area (Å²) < 4.78 is 0. The number of nitrogens with one attached hydrogen (secondary N) is 2. The fourth-order valence-corrected chi connectivity index (χ4v) is 2.88. The normalized spacial score (nSPS) is 10.5. The highest BCUT2D eigenvalue weighted by Crippen LogP contribution is 2.23. The van der Waals surface area contributed by atoms with Crippen molar-refractivity contribution in [3.63, 3.8) is 0 Å². The van der Waals surface area contributed by atoms with Crippen LogP contribution in [-0.2, 0) is 0 Å². The van der Waals surface area contributed by atoms with Crippen molar-refractivity contribution in [2.75, 3.05) is 10.6 Å². The van der Waals surface area contributed by atoms with Crippen LogP contribution in [0.2, 0.25) is 5.02 Å². The molecule has 2 amide bonds. The molecule has 4 aromatic rings. The minimum absolute atomic E-state index is 0.183. The van der Waals surface area contributed by atoms with Crippen molar-refractivity contribution >= 4 is 45.8 Å². The minimum Gasteiger partial charge on any atom is -0.320 e. The summed E-state index contributed by atoms with van der Waals surface area (Å²) in [7, 11) is 0. The molecule has 7 heteroatoms. The Morgan fingerprint density at radius 2 is 1.31 bits per heavy atom. The van der Waals surface area contributed by atoms with E-state index in [0.717, 1.165) is 0 Å². The summed E-state index contributed by atoms with van der Waals surface area (Å²) in [5, 5.41) is 6.13. The van der Waals surface area contributed by atoms with Gasteiger partial charge in [-0.3, -0.25) is 14.6 Å². The quantitative estimate of drug-likeness (QED) is 0.514. The van der Waals surface area contributed by atoms with Gasteiger partial charge in [-0.2, -0.15) is 0 Å². The topological polar surface area (TPSA) is 84.0 Å². The van der Waals surface area contributed by atoms with E-state index in [9.17, 15) is 9.59 Å². The number of fused-ring (bicyclic) bond motifs is 1. The first-order valence-electron chi connectivity index (χ1n) is 8.79. The number of amides is 2. The molecule has 4 rings (SSSR count). The van der Waals surface area contributed by atoms with Crippen LogP contribution in [0.4, 0.5) is 11.4 Å². The first kappa shape index (κ1) is 18.6. The van der Waals surface area contributed by atoms with Gasteiger partial charge in [-0.25, -0.2) is 4.98 Å². The average Bonchev–Trinajstić information content (AvgIpc) is 2.75. The Hall–Kier alpha value is -3.77. The second kappa shape index (κ2) is 8.08. The van der Waals surface area contributed by atoms with E-state index < -0.39 is 5.91 Å². The molecule has 0 aliphatic carbocycles. The van der Waals surface area contributed by atoms with E-state index >= 15 is 0 Å². The van der Waals surface area contributed by atoms with Crippen molar-refractivity contribution in [2.24, 2.45) is 0 Å². The summed E-state index contributed by atoms with van der Waals surface area (Å²) in [4.78, 5) is 33.8. The largest absolute Gasteiger partial charge is 0.320 e. The van der Waals surface area contributed by atoms with Crippen LogP contribution in [0.1, 0.15) is 20.8 Å². The first-order valence-corrected chi connectivity index (χ1v) is 9.17. The van der Waals surface area contributed by atoms with Crippen LogP contribution in [0.5, 0.6) is 0 Å². The maximum absolute atomic E-state index is 12.7. The summed E-state index contributed by atoms with van der Waals surface area (Å²) in [6.45, 7) is 0.